The third kappa shape index (κ3) is 22.0. The SMILES string of the molecule is CCCCCCCCCCCCCCCCCC(=O)OC[C@H](OC(=O)CCCCC(=O)O)[C@@H](O)[C@H](O)[C@H](O)CO. The molecule has 0 radical (unpaired) electrons. The Morgan fingerprint density at radius 1 is 0.600 bits per heavy atom. The molecular weight excluding hydrogens is 520 g/mol. The van der Waals surface area contributed by atoms with E-state index in [0.717, 1.165) is 19.3 Å². The fraction of sp³-hybridized carbons (Fsp3) is 0.900. The van der Waals surface area contributed by atoms with Gasteiger partial charge >= 0.3 is 17.9 Å². The third-order valence-corrected chi connectivity index (χ3v) is 7.01. The highest BCUT2D eigenvalue weighted by atomic mass is 16.6. The van der Waals surface area contributed by atoms with Crippen molar-refractivity contribution in [1.29, 1.82) is 0 Å². The Balaban J connectivity index is 4.14. The molecule has 236 valence electrons. The zero-order valence-electron chi connectivity index (χ0n) is 24.6. The largest absolute Gasteiger partial charge is 0.481 e. The minimum atomic E-state index is -1.83. The van der Waals surface area contributed by atoms with Crippen LogP contribution < -0.4 is 0 Å². The van der Waals surface area contributed by atoms with E-state index in [-0.39, 0.29) is 32.1 Å². The number of hydrogen-bond donors (Lipinski definition) is 5. The quantitative estimate of drug-likeness (QED) is 0.0663. The topological polar surface area (TPSA) is 171 Å². The number of aliphatic hydroxyl groups is 4. The maximum Gasteiger partial charge on any atom is 0.306 e. The fourth-order valence-corrected chi connectivity index (χ4v) is 4.42. The van der Waals surface area contributed by atoms with Crippen molar-refractivity contribution in [2.75, 3.05) is 13.2 Å². The van der Waals surface area contributed by atoms with Crippen LogP contribution in [0.5, 0.6) is 0 Å². The van der Waals surface area contributed by atoms with Gasteiger partial charge in [-0.25, -0.2) is 0 Å². The lowest BCUT2D eigenvalue weighted by Crippen LogP contribution is -2.49. The van der Waals surface area contributed by atoms with Gasteiger partial charge in [-0.15, -0.1) is 0 Å². The molecule has 4 atom stereocenters. The molecule has 40 heavy (non-hydrogen) atoms. The molecule has 0 spiro atoms. The van der Waals surface area contributed by atoms with Gasteiger partial charge in [0.25, 0.3) is 0 Å². The molecule has 0 unspecified atom stereocenters. The predicted molar refractivity (Wildman–Crippen MR) is 152 cm³/mol. The van der Waals surface area contributed by atoms with Crippen LogP contribution in [0, 0.1) is 0 Å². The molecule has 10 nitrogen and oxygen atoms in total. The van der Waals surface area contributed by atoms with Gasteiger partial charge in [-0.3, -0.25) is 14.4 Å². The molecule has 0 aliphatic carbocycles. The summed E-state index contributed by atoms with van der Waals surface area (Å²) in [6.07, 6.45) is 11.9. The highest BCUT2D eigenvalue weighted by Gasteiger charge is 2.34. The lowest BCUT2D eigenvalue weighted by molar-refractivity contribution is -0.178. The molecule has 0 aliphatic rings. The summed E-state index contributed by atoms with van der Waals surface area (Å²) in [4.78, 5) is 34.9. The van der Waals surface area contributed by atoms with Crippen LogP contribution in [-0.2, 0) is 23.9 Å². The highest BCUT2D eigenvalue weighted by Crippen LogP contribution is 2.15. The normalized spacial score (nSPS) is 14.3. The summed E-state index contributed by atoms with van der Waals surface area (Å²) < 4.78 is 10.3. The smallest absolute Gasteiger partial charge is 0.306 e. The number of esters is 2. The second-order valence-electron chi connectivity index (χ2n) is 10.7. The fourth-order valence-electron chi connectivity index (χ4n) is 4.42. The molecule has 0 bridgehead atoms. The molecule has 0 rings (SSSR count). The van der Waals surface area contributed by atoms with E-state index >= 15 is 0 Å². The molecule has 0 aliphatic heterocycles. The molecule has 0 aromatic carbocycles. The summed E-state index contributed by atoms with van der Waals surface area (Å²) in [5.74, 6) is -2.27. The Morgan fingerprint density at radius 2 is 1.02 bits per heavy atom. The molecule has 0 aromatic heterocycles. The average Bonchev–Trinajstić information content (AvgIpc) is 2.94. The van der Waals surface area contributed by atoms with Gasteiger partial charge in [0.05, 0.1) is 6.61 Å². The number of carboxylic acid groups (broad SMARTS) is 1. The van der Waals surface area contributed by atoms with Gasteiger partial charge in [-0.05, 0) is 19.3 Å². The van der Waals surface area contributed by atoms with Gasteiger partial charge in [-0.2, -0.15) is 0 Å². The van der Waals surface area contributed by atoms with E-state index in [9.17, 15) is 29.7 Å². The van der Waals surface area contributed by atoms with E-state index in [1.807, 2.05) is 0 Å². The Morgan fingerprint density at radius 3 is 1.50 bits per heavy atom. The van der Waals surface area contributed by atoms with Crippen LogP contribution in [0.2, 0.25) is 0 Å². The standard InChI is InChI=1S/C30H56O10/c1-2-3-4-5-6-7-8-9-10-11-12-13-14-15-16-20-27(35)39-23-25(30(38)29(37)24(32)22-31)40-28(36)21-18-17-19-26(33)34/h24-25,29-32,37-38H,2-23H2,1H3,(H,33,34)/t24-,25+,29-,30-/m1/s1. The van der Waals surface area contributed by atoms with Crippen LogP contribution in [0.1, 0.15) is 135 Å². The Labute approximate surface area is 240 Å². The first-order valence-corrected chi connectivity index (χ1v) is 15.4. The Hall–Kier alpha value is -1.75. The van der Waals surface area contributed by atoms with Crippen LogP contribution >= 0.6 is 0 Å². The number of ether oxygens (including phenoxy) is 2. The second kappa shape index (κ2) is 26.2. The maximum absolute atomic E-state index is 12.2. The third-order valence-electron chi connectivity index (χ3n) is 7.01. The summed E-state index contributed by atoms with van der Waals surface area (Å²) in [5, 5.41) is 47.7. The van der Waals surface area contributed by atoms with Crippen LogP contribution in [0.3, 0.4) is 0 Å². The lowest BCUT2D eigenvalue weighted by atomic mass is 10.0. The zero-order valence-corrected chi connectivity index (χ0v) is 24.6. The van der Waals surface area contributed by atoms with Crippen molar-refractivity contribution in [1.82, 2.24) is 0 Å². The van der Waals surface area contributed by atoms with E-state index in [1.165, 1.54) is 70.6 Å². The van der Waals surface area contributed by atoms with Gasteiger partial charge in [0.15, 0.2) is 6.10 Å². The molecule has 0 fully saturated rings. The number of carbonyl (C=O) groups excluding carboxylic acids is 2. The summed E-state index contributed by atoms with van der Waals surface area (Å²) >= 11 is 0. The van der Waals surface area contributed by atoms with Gasteiger partial charge in [0.1, 0.15) is 24.9 Å². The minimum Gasteiger partial charge on any atom is -0.481 e. The number of hydrogen-bond acceptors (Lipinski definition) is 9. The number of carboxylic acids is 1. The first-order chi connectivity index (χ1) is 19.2. The molecule has 5 N–H and O–H groups in total. The van der Waals surface area contributed by atoms with Crippen LogP contribution in [0.4, 0.5) is 0 Å². The van der Waals surface area contributed by atoms with Crippen LogP contribution in [-0.4, -0.2) is 81.1 Å². The molecule has 0 amide bonds. The van der Waals surface area contributed by atoms with Crippen molar-refractivity contribution in [2.45, 2.75) is 160 Å². The summed E-state index contributed by atoms with van der Waals surface area (Å²) in [6, 6.07) is 0. The van der Waals surface area contributed by atoms with E-state index in [2.05, 4.69) is 6.92 Å². The van der Waals surface area contributed by atoms with E-state index in [1.54, 1.807) is 0 Å². The number of unbranched alkanes of at least 4 members (excludes halogenated alkanes) is 15. The predicted octanol–water partition coefficient (Wildman–Crippen LogP) is 4.42. The van der Waals surface area contributed by atoms with E-state index in [4.69, 9.17) is 19.7 Å². The van der Waals surface area contributed by atoms with Crippen molar-refractivity contribution in [2.24, 2.45) is 0 Å². The summed E-state index contributed by atoms with van der Waals surface area (Å²) in [7, 11) is 0. The van der Waals surface area contributed by atoms with Crippen molar-refractivity contribution in [3.05, 3.63) is 0 Å². The molecular formula is C30H56O10. The van der Waals surface area contributed by atoms with E-state index in [0.29, 0.717) is 6.42 Å². The second-order valence-corrected chi connectivity index (χ2v) is 10.7. The van der Waals surface area contributed by atoms with Gasteiger partial charge < -0.3 is 35.0 Å². The molecule has 0 saturated heterocycles. The molecule has 0 saturated carbocycles. The molecule has 0 aromatic rings. The first kappa shape index (κ1) is 38.2. The van der Waals surface area contributed by atoms with E-state index < -0.39 is 55.5 Å². The number of aliphatic carboxylic acids is 1. The average molecular weight is 577 g/mol. The maximum atomic E-state index is 12.2. The van der Waals surface area contributed by atoms with Crippen molar-refractivity contribution in [3.8, 4) is 0 Å². The van der Waals surface area contributed by atoms with Crippen LogP contribution in [0.25, 0.3) is 0 Å². The van der Waals surface area contributed by atoms with Crippen LogP contribution in [0.15, 0.2) is 0 Å². The molecule has 0 heterocycles. The van der Waals surface area contributed by atoms with Gasteiger partial charge in [-0.1, -0.05) is 96.8 Å². The molecule has 10 heteroatoms. The Kier molecular flexibility index (Phi) is 25.0. The van der Waals surface area contributed by atoms with Gasteiger partial charge in [0, 0.05) is 19.3 Å². The highest BCUT2D eigenvalue weighted by molar-refractivity contribution is 5.70. The van der Waals surface area contributed by atoms with Crippen molar-refractivity contribution < 1.29 is 49.4 Å². The minimum absolute atomic E-state index is 0.0995. The summed E-state index contributed by atoms with van der Waals surface area (Å²) in [6.45, 7) is 0.894. The zero-order chi connectivity index (χ0) is 30.0. The first-order valence-electron chi connectivity index (χ1n) is 15.4. The number of aliphatic hydroxyl groups excluding tert-OH is 4. The number of rotatable bonds is 28. The lowest BCUT2D eigenvalue weighted by Gasteiger charge is -2.28. The van der Waals surface area contributed by atoms with Crippen molar-refractivity contribution in [3.63, 3.8) is 0 Å². The van der Waals surface area contributed by atoms with Gasteiger partial charge in [0.2, 0.25) is 0 Å². The monoisotopic (exact) mass is 576 g/mol. The Bertz CT molecular complexity index is 642. The van der Waals surface area contributed by atoms with Crippen molar-refractivity contribution >= 4 is 17.9 Å². The number of carbonyl (C=O) groups is 3. The summed E-state index contributed by atoms with van der Waals surface area (Å²) in [5.41, 5.74) is 0.